The van der Waals surface area contributed by atoms with E-state index in [4.69, 9.17) is 4.74 Å². The third-order valence-corrected chi connectivity index (χ3v) is 5.71. The van der Waals surface area contributed by atoms with Crippen molar-refractivity contribution in [2.45, 2.75) is 50.0 Å². The molecule has 3 heterocycles. The molecule has 1 fully saturated rings. The van der Waals surface area contributed by atoms with Crippen molar-refractivity contribution in [3.63, 3.8) is 0 Å². The first-order valence-corrected chi connectivity index (χ1v) is 8.60. The highest BCUT2D eigenvalue weighted by molar-refractivity contribution is 7.90. The Morgan fingerprint density at radius 1 is 1.43 bits per heavy atom. The molecule has 2 N–H and O–H groups in total. The van der Waals surface area contributed by atoms with Gasteiger partial charge in [-0.25, -0.2) is 0 Å². The molecule has 21 heavy (non-hydrogen) atoms. The van der Waals surface area contributed by atoms with Gasteiger partial charge in [-0.1, -0.05) is 0 Å². The Hall–Kier alpha value is -0.820. The molecule has 1 spiro atoms. The lowest BCUT2D eigenvalue weighted by Gasteiger charge is -2.38. The van der Waals surface area contributed by atoms with Gasteiger partial charge in [-0.3, -0.25) is 4.98 Å². The van der Waals surface area contributed by atoms with Gasteiger partial charge in [0.05, 0.1) is 0 Å². The van der Waals surface area contributed by atoms with E-state index in [1.54, 1.807) is 6.20 Å². The Bertz CT molecular complexity index is 512. The monoisotopic (exact) mass is 309 g/mol. The first-order chi connectivity index (χ1) is 9.92. The second-order valence-corrected chi connectivity index (χ2v) is 8.73. The molecule has 2 aliphatic heterocycles. The van der Waals surface area contributed by atoms with Gasteiger partial charge in [0.15, 0.2) is 0 Å². The van der Waals surface area contributed by atoms with Crippen molar-refractivity contribution in [3.05, 3.63) is 24.0 Å². The topological polar surface area (TPSA) is 69.2 Å². The van der Waals surface area contributed by atoms with Gasteiger partial charge in [0, 0.05) is 30.4 Å². The van der Waals surface area contributed by atoms with Crippen molar-refractivity contribution < 1.29 is 9.29 Å². The fourth-order valence-corrected chi connectivity index (χ4v) is 3.81. The summed E-state index contributed by atoms with van der Waals surface area (Å²) in [5.41, 5.74) is 0.556. The molecule has 0 bridgehead atoms. The summed E-state index contributed by atoms with van der Waals surface area (Å²) in [6.45, 7) is 7.74. The maximum Gasteiger partial charge on any atom is 0.143 e. The Kier molecular flexibility index (Phi) is 3.90. The van der Waals surface area contributed by atoms with Crippen LogP contribution in [0.1, 0.15) is 45.3 Å². The molecule has 2 aliphatic rings. The first-order valence-electron chi connectivity index (χ1n) is 7.45. The van der Waals surface area contributed by atoms with Crippen LogP contribution < -0.4 is 14.8 Å². The van der Waals surface area contributed by atoms with Crippen molar-refractivity contribution in [1.82, 2.24) is 15.0 Å². The van der Waals surface area contributed by atoms with E-state index in [-0.39, 0.29) is 16.4 Å². The van der Waals surface area contributed by atoms with Crippen molar-refractivity contribution in [1.29, 1.82) is 0 Å². The first kappa shape index (κ1) is 15.1. The molecular weight excluding hydrogens is 286 g/mol. The summed E-state index contributed by atoms with van der Waals surface area (Å²) in [5.74, 6) is 0.822. The van der Waals surface area contributed by atoms with Gasteiger partial charge in [-0.15, -0.1) is 4.72 Å². The SMILES string of the molecule is CC(C)(C)[S+]([O-])N[C@@H]1c2ncccc2OC12CCNCC2. The maximum atomic E-state index is 12.6. The Labute approximate surface area is 129 Å². The number of fused-ring (bicyclic) bond motifs is 1. The molecule has 116 valence electrons. The number of rotatable bonds is 2. The third-order valence-electron chi connectivity index (χ3n) is 4.14. The van der Waals surface area contributed by atoms with Crippen LogP contribution in [-0.2, 0) is 11.4 Å². The molecule has 6 heteroatoms. The minimum absolute atomic E-state index is 0.115. The molecule has 0 radical (unpaired) electrons. The van der Waals surface area contributed by atoms with E-state index in [2.05, 4.69) is 15.0 Å². The van der Waals surface area contributed by atoms with Gasteiger partial charge in [0.25, 0.3) is 0 Å². The van der Waals surface area contributed by atoms with Crippen molar-refractivity contribution >= 4 is 11.4 Å². The van der Waals surface area contributed by atoms with Crippen LogP contribution in [0.4, 0.5) is 0 Å². The average Bonchev–Trinajstić information content (AvgIpc) is 2.72. The number of pyridine rings is 1. The smallest absolute Gasteiger partial charge is 0.143 e. The Morgan fingerprint density at radius 2 is 2.14 bits per heavy atom. The zero-order valence-corrected chi connectivity index (χ0v) is 13.6. The van der Waals surface area contributed by atoms with Crippen LogP contribution in [0.2, 0.25) is 0 Å². The number of ether oxygens (including phenoxy) is 1. The summed E-state index contributed by atoms with van der Waals surface area (Å²) in [5, 5.41) is 3.36. The van der Waals surface area contributed by atoms with E-state index in [9.17, 15) is 4.55 Å². The van der Waals surface area contributed by atoms with Crippen LogP contribution >= 0.6 is 0 Å². The summed E-state index contributed by atoms with van der Waals surface area (Å²) >= 11 is -1.15. The van der Waals surface area contributed by atoms with Gasteiger partial charge in [0.1, 0.15) is 27.8 Å². The molecule has 0 aliphatic carbocycles. The van der Waals surface area contributed by atoms with Crippen molar-refractivity contribution in [2.24, 2.45) is 0 Å². The summed E-state index contributed by atoms with van der Waals surface area (Å²) in [7, 11) is 0. The lowest BCUT2D eigenvalue weighted by atomic mass is 9.85. The van der Waals surface area contributed by atoms with Crippen LogP contribution in [-0.4, -0.2) is 33.0 Å². The van der Waals surface area contributed by atoms with E-state index in [1.807, 2.05) is 32.9 Å². The predicted octanol–water partition coefficient (Wildman–Crippen LogP) is 1.69. The fourth-order valence-electron chi connectivity index (χ4n) is 2.92. The summed E-state index contributed by atoms with van der Waals surface area (Å²) in [6, 6.07) is 3.72. The van der Waals surface area contributed by atoms with Crippen molar-refractivity contribution in [3.8, 4) is 5.75 Å². The van der Waals surface area contributed by atoms with E-state index >= 15 is 0 Å². The lowest BCUT2D eigenvalue weighted by Crippen LogP contribution is -2.54. The molecule has 3 rings (SSSR count). The maximum absolute atomic E-state index is 12.6. The molecule has 5 nitrogen and oxygen atoms in total. The average molecular weight is 309 g/mol. The third kappa shape index (κ3) is 2.77. The number of piperidine rings is 1. The van der Waals surface area contributed by atoms with E-state index in [1.165, 1.54) is 0 Å². The van der Waals surface area contributed by atoms with Crippen LogP contribution in [0, 0.1) is 0 Å². The molecule has 1 aromatic heterocycles. The molecule has 1 aromatic rings. The molecule has 0 aromatic carbocycles. The normalized spacial score (nSPS) is 25.4. The minimum Gasteiger partial charge on any atom is -0.598 e. The summed E-state index contributed by atoms with van der Waals surface area (Å²) < 4.78 is 21.8. The molecular formula is C15H23N3O2S. The summed E-state index contributed by atoms with van der Waals surface area (Å²) in [6.07, 6.45) is 3.56. The number of hydrogen-bond donors (Lipinski definition) is 2. The predicted molar refractivity (Wildman–Crippen MR) is 83.5 cm³/mol. The fraction of sp³-hybridized carbons (Fsp3) is 0.667. The largest absolute Gasteiger partial charge is 0.598 e. The highest BCUT2D eigenvalue weighted by atomic mass is 32.2. The van der Waals surface area contributed by atoms with Crippen LogP contribution in [0.3, 0.4) is 0 Å². The Morgan fingerprint density at radius 3 is 2.81 bits per heavy atom. The molecule has 0 saturated carbocycles. The molecule has 1 unspecified atom stereocenters. The molecule has 0 amide bonds. The zero-order valence-electron chi connectivity index (χ0n) is 12.8. The van der Waals surface area contributed by atoms with Crippen LogP contribution in [0.25, 0.3) is 0 Å². The number of nitrogens with one attached hydrogen (secondary N) is 2. The standard InChI is InChI=1S/C15H23N3O2S/c1-14(2,3)21(19)18-13-12-11(5-4-8-17-12)20-15(13)6-9-16-10-7-15/h4-5,8,13,16,18H,6-7,9-10H2,1-3H3/t13-,21?/m1/s1. The Balaban J connectivity index is 1.92. The highest BCUT2D eigenvalue weighted by Crippen LogP contribution is 2.47. The van der Waals surface area contributed by atoms with Crippen LogP contribution in [0.5, 0.6) is 5.75 Å². The number of hydrogen-bond acceptors (Lipinski definition) is 5. The molecule has 1 saturated heterocycles. The quantitative estimate of drug-likeness (QED) is 0.814. The van der Waals surface area contributed by atoms with Gasteiger partial charge in [-0.2, -0.15) is 0 Å². The zero-order chi connectivity index (χ0) is 15.1. The van der Waals surface area contributed by atoms with Gasteiger partial charge >= 0.3 is 0 Å². The van der Waals surface area contributed by atoms with E-state index < -0.39 is 11.4 Å². The van der Waals surface area contributed by atoms with Gasteiger partial charge in [-0.05, 0) is 46.0 Å². The van der Waals surface area contributed by atoms with E-state index in [0.29, 0.717) is 0 Å². The number of aromatic nitrogens is 1. The van der Waals surface area contributed by atoms with Gasteiger partial charge in [0.2, 0.25) is 0 Å². The molecule has 2 atom stereocenters. The second kappa shape index (κ2) is 5.43. The lowest BCUT2D eigenvalue weighted by molar-refractivity contribution is 0.0316. The van der Waals surface area contributed by atoms with E-state index in [0.717, 1.165) is 37.4 Å². The van der Waals surface area contributed by atoms with Gasteiger partial charge < -0.3 is 14.6 Å². The minimum atomic E-state index is -1.15. The second-order valence-electron chi connectivity index (χ2n) is 6.74. The highest BCUT2D eigenvalue weighted by Gasteiger charge is 2.52. The summed E-state index contributed by atoms with van der Waals surface area (Å²) in [4.78, 5) is 4.48. The van der Waals surface area contributed by atoms with Crippen molar-refractivity contribution in [2.75, 3.05) is 13.1 Å². The number of nitrogens with zero attached hydrogens (tertiary/aromatic N) is 1. The van der Waals surface area contributed by atoms with Crippen LogP contribution in [0.15, 0.2) is 18.3 Å².